The molecule has 0 saturated heterocycles. The zero-order chi connectivity index (χ0) is 32.0. The summed E-state index contributed by atoms with van der Waals surface area (Å²) in [7, 11) is -10.4. The van der Waals surface area contributed by atoms with E-state index in [-0.39, 0.29) is 6.10 Å². The Balaban J connectivity index is 7.29. The number of rotatable bonds is 19. The van der Waals surface area contributed by atoms with Gasteiger partial charge in [0.25, 0.3) is 0 Å². The van der Waals surface area contributed by atoms with Gasteiger partial charge in [0.15, 0.2) is 49.9 Å². The Morgan fingerprint density at radius 2 is 0.900 bits per heavy atom. The van der Waals surface area contributed by atoms with Gasteiger partial charge < -0.3 is 31.4 Å². The smallest absolute Gasteiger partial charge is 0.184 e. The van der Waals surface area contributed by atoms with Crippen LogP contribution in [0, 0.1) is 0 Å². The van der Waals surface area contributed by atoms with Crippen LogP contribution in [0.1, 0.15) is 0 Å². The number of nitrogens with zero attached hydrogens (tertiary/aromatic N) is 1. The fourth-order valence-electron chi connectivity index (χ4n) is 3.73. The van der Waals surface area contributed by atoms with Gasteiger partial charge in [-0.2, -0.15) is 0 Å². The maximum atomic E-state index is 7.08. The van der Waals surface area contributed by atoms with E-state index >= 15 is 0 Å². The summed E-state index contributed by atoms with van der Waals surface area (Å²) in [6.07, 6.45) is -1.73. The highest BCUT2D eigenvalue weighted by Gasteiger charge is 2.47. The van der Waals surface area contributed by atoms with Crippen LogP contribution in [0.25, 0.3) is 0 Å². The zero-order valence-electron chi connectivity index (χ0n) is 29.5. The van der Waals surface area contributed by atoms with Crippen molar-refractivity contribution >= 4 is 55.6 Å². The van der Waals surface area contributed by atoms with Crippen LogP contribution in [0.5, 0.6) is 0 Å². The normalized spacial score (nSPS) is 17.9. The minimum atomic E-state index is -2.12. The summed E-state index contributed by atoms with van der Waals surface area (Å²) >= 11 is 0. The van der Waals surface area contributed by atoms with Crippen LogP contribution in [-0.4, -0.2) is 100 Å². The summed E-state index contributed by atoms with van der Waals surface area (Å²) in [4.78, 5) is 5.40. The zero-order valence-corrected chi connectivity index (χ0v) is 35.5. The van der Waals surface area contributed by atoms with Crippen LogP contribution in [-0.2, 0) is 31.4 Å². The summed E-state index contributed by atoms with van der Waals surface area (Å²) < 4.78 is 40.9. The SMILES string of the molecule is CO/N=C(\CO[Si](C)(C)C)C(O[Si](C)(C)C)C(O[Si](C)(C)C)C(O[Si](C)(C)C)C(CO[Si](C)(C)C)O[Si](C)(C)C. The molecule has 0 rings (SSSR count). The third-order valence-corrected chi connectivity index (χ3v) is 10.8. The van der Waals surface area contributed by atoms with Crippen LogP contribution in [0.3, 0.4) is 0 Å². The highest BCUT2D eigenvalue weighted by Crippen LogP contribution is 2.29. The highest BCUT2D eigenvalue weighted by molar-refractivity contribution is 6.72. The molecule has 0 N–H and O–H groups in total. The predicted octanol–water partition coefficient (Wildman–Crippen LogP) is 7.57. The van der Waals surface area contributed by atoms with E-state index in [9.17, 15) is 0 Å². The minimum Gasteiger partial charge on any atom is -0.415 e. The first kappa shape index (κ1) is 40.5. The molecule has 0 fully saturated rings. The van der Waals surface area contributed by atoms with Gasteiger partial charge in [-0.3, -0.25) is 0 Å². The lowest BCUT2D eigenvalue weighted by atomic mass is 10.0. The molecule has 0 radical (unpaired) electrons. The molecule has 0 aromatic heterocycles. The van der Waals surface area contributed by atoms with E-state index in [2.05, 4.69) is 123 Å². The van der Waals surface area contributed by atoms with E-state index in [4.69, 9.17) is 31.4 Å². The maximum Gasteiger partial charge on any atom is 0.184 e. The summed E-state index contributed by atoms with van der Waals surface area (Å²) in [5.74, 6) is 0. The van der Waals surface area contributed by atoms with E-state index in [1.807, 2.05) is 0 Å². The second kappa shape index (κ2) is 15.5. The Bertz CT molecular complexity index is 775. The summed E-state index contributed by atoms with van der Waals surface area (Å²) in [6, 6.07) is 0. The molecule has 0 aromatic carbocycles. The van der Waals surface area contributed by atoms with Gasteiger partial charge in [0.1, 0.15) is 25.0 Å². The Kier molecular flexibility index (Phi) is 15.7. The summed E-state index contributed by atoms with van der Waals surface area (Å²) in [5.41, 5.74) is 0.692. The van der Waals surface area contributed by atoms with E-state index in [1.165, 1.54) is 0 Å². The monoisotopic (exact) mass is 671 g/mol. The second-order valence-corrected chi connectivity index (χ2v) is 43.3. The van der Waals surface area contributed by atoms with Gasteiger partial charge in [-0.1, -0.05) is 5.16 Å². The van der Waals surface area contributed by atoms with E-state index in [0.29, 0.717) is 18.9 Å². The first-order valence-electron chi connectivity index (χ1n) is 14.6. The Labute approximate surface area is 254 Å². The molecule has 0 bridgehead atoms. The topological polar surface area (TPSA) is 77.0 Å². The second-order valence-electron chi connectivity index (χ2n) is 16.4. The molecule has 4 unspecified atom stereocenters. The maximum absolute atomic E-state index is 7.08. The van der Waals surface area contributed by atoms with Gasteiger partial charge in [-0.05, 0) is 118 Å². The van der Waals surface area contributed by atoms with Crippen molar-refractivity contribution in [2.75, 3.05) is 20.3 Å². The van der Waals surface area contributed by atoms with Crippen molar-refractivity contribution in [2.45, 2.75) is 142 Å². The molecule has 4 atom stereocenters. The van der Waals surface area contributed by atoms with Crippen LogP contribution in [0.2, 0.25) is 118 Å². The Hall–Kier alpha value is 0.531. The quantitative estimate of drug-likeness (QED) is 0.0796. The van der Waals surface area contributed by atoms with Gasteiger partial charge >= 0.3 is 0 Å². The number of hydrogen-bond donors (Lipinski definition) is 0. The minimum absolute atomic E-state index is 0.314. The first-order valence-corrected chi connectivity index (χ1v) is 35.1. The molecule has 8 nitrogen and oxygen atoms in total. The molecule has 14 heteroatoms. The van der Waals surface area contributed by atoms with E-state index in [1.54, 1.807) is 7.11 Å². The summed E-state index contributed by atoms with van der Waals surface area (Å²) in [5, 5.41) is 4.51. The largest absolute Gasteiger partial charge is 0.415 e. The molecule has 40 heavy (non-hydrogen) atoms. The molecule has 0 amide bonds. The van der Waals surface area contributed by atoms with Crippen molar-refractivity contribution in [1.82, 2.24) is 0 Å². The molecular weight excluding hydrogens is 607 g/mol. The third kappa shape index (κ3) is 20.4. The number of oxime groups is 1. The van der Waals surface area contributed by atoms with Gasteiger partial charge in [0.2, 0.25) is 0 Å². The van der Waals surface area contributed by atoms with E-state index in [0.717, 1.165) is 0 Å². The molecule has 0 heterocycles. The van der Waals surface area contributed by atoms with Crippen LogP contribution >= 0.6 is 0 Å². The standard InChI is InChI=1S/C26H65NO7Si6/c1-28-27-22(20-29-35(2,3)4)24(32-38(11,12)13)26(34-40(17,18)19)25(33-39(14,15)16)23(31-37(8,9)10)21-30-36(5,6)7/h23-26H,20-21H2,1-19H3/b27-22+. The molecule has 0 aromatic rings. The highest BCUT2D eigenvalue weighted by atomic mass is 28.4. The van der Waals surface area contributed by atoms with Gasteiger partial charge in [0.05, 0.1) is 25.4 Å². The van der Waals surface area contributed by atoms with Crippen molar-refractivity contribution in [3.8, 4) is 0 Å². The van der Waals surface area contributed by atoms with Crippen LogP contribution in [0.15, 0.2) is 5.16 Å². The molecule has 0 saturated carbocycles. The van der Waals surface area contributed by atoms with Crippen LogP contribution < -0.4 is 0 Å². The van der Waals surface area contributed by atoms with Gasteiger partial charge in [0, 0.05) is 0 Å². The van der Waals surface area contributed by atoms with Crippen molar-refractivity contribution < 1.29 is 31.4 Å². The van der Waals surface area contributed by atoms with Crippen molar-refractivity contribution in [3.63, 3.8) is 0 Å². The van der Waals surface area contributed by atoms with Crippen molar-refractivity contribution in [2.24, 2.45) is 5.16 Å². The van der Waals surface area contributed by atoms with Gasteiger partial charge in [-0.25, -0.2) is 0 Å². The van der Waals surface area contributed by atoms with Gasteiger partial charge in [-0.15, -0.1) is 0 Å². The molecule has 0 aliphatic rings. The Morgan fingerprint density at radius 1 is 0.500 bits per heavy atom. The lowest BCUT2D eigenvalue weighted by Gasteiger charge is -2.46. The average Bonchev–Trinajstić information content (AvgIpc) is 2.65. The molecule has 0 aliphatic heterocycles. The fourth-order valence-corrected chi connectivity index (χ4v) is 9.29. The fraction of sp³-hybridized carbons (Fsp3) is 0.962. The summed E-state index contributed by atoms with van der Waals surface area (Å²) in [6.45, 7) is 40.3. The lowest BCUT2D eigenvalue weighted by molar-refractivity contribution is -0.0748. The predicted molar refractivity (Wildman–Crippen MR) is 186 cm³/mol. The third-order valence-electron chi connectivity index (χ3n) is 4.82. The molecular formula is C26H65NO7Si6. The molecule has 240 valence electrons. The Morgan fingerprint density at radius 3 is 1.25 bits per heavy atom. The van der Waals surface area contributed by atoms with Crippen molar-refractivity contribution in [1.29, 1.82) is 0 Å². The lowest BCUT2D eigenvalue weighted by Crippen LogP contribution is -2.61. The van der Waals surface area contributed by atoms with Crippen molar-refractivity contribution in [3.05, 3.63) is 0 Å². The number of hydrogen-bond acceptors (Lipinski definition) is 8. The van der Waals surface area contributed by atoms with E-state index < -0.39 is 68.2 Å². The molecule has 0 aliphatic carbocycles. The average molecular weight is 672 g/mol. The van der Waals surface area contributed by atoms with Crippen LogP contribution in [0.4, 0.5) is 0 Å². The first-order chi connectivity index (χ1) is 17.5. The molecule has 0 spiro atoms.